The zero-order valence-electron chi connectivity index (χ0n) is 6.27. The summed E-state index contributed by atoms with van der Waals surface area (Å²) in [5.41, 5.74) is 5.81. The van der Waals surface area contributed by atoms with Gasteiger partial charge in [-0.15, -0.1) is 0 Å². The first-order valence-corrected chi connectivity index (χ1v) is 4.76. The van der Waals surface area contributed by atoms with Gasteiger partial charge in [0.25, 0.3) is 0 Å². The van der Waals surface area contributed by atoms with Crippen LogP contribution in [0.5, 0.6) is 0 Å². The van der Waals surface area contributed by atoms with E-state index < -0.39 is 0 Å². The molecule has 70 valence electrons. The molecule has 0 spiro atoms. The van der Waals surface area contributed by atoms with Crippen molar-refractivity contribution < 1.29 is 0 Å². The van der Waals surface area contributed by atoms with E-state index in [1.807, 2.05) is 0 Å². The van der Waals surface area contributed by atoms with Crippen LogP contribution in [-0.4, -0.2) is 5.11 Å². The Kier molecular flexibility index (Phi) is 3.62. The van der Waals surface area contributed by atoms with Crippen molar-refractivity contribution in [1.29, 1.82) is 0 Å². The molecule has 0 amide bonds. The van der Waals surface area contributed by atoms with E-state index in [1.165, 1.54) is 6.07 Å². The van der Waals surface area contributed by atoms with Crippen LogP contribution < -0.4 is 11.1 Å². The lowest BCUT2D eigenvalue weighted by atomic mass is 10.3. The molecular formula is C7H5Cl3N2S. The van der Waals surface area contributed by atoms with Crippen molar-refractivity contribution in [3.05, 3.63) is 27.2 Å². The fourth-order valence-electron chi connectivity index (χ4n) is 0.751. The second-order valence-electron chi connectivity index (χ2n) is 2.24. The Balaban J connectivity index is 3.08. The summed E-state index contributed by atoms with van der Waals surface area (Å²) in [6.07, 6.45) is 0. The Hall–Kier alpha value is -0.220. The topological polar surface area (TPSA) is 38.0 Å². The quantitative estimate of drug-likeness (QED) is 0.597. The first-order valence-electron chi connectivity index (χ1n) is 3.21. The molecule has 1 aromatic rings. The van der Waals surface area contributed by atoms with Gasteiger partial charge in [-0.05, 0) is 24.4 Å². The molecule has 0 atom stereocenters. The summed E-state index contributed by atoms with van der Waals surface area (Å²) in [5, 5.41) is 4.00. The number of thiocarbonyl (C=S) groups is 1. The van der Waals surface area contributed by atoms with Crippen molar-refractivity contribution in [1.82, 2.24) is 0 Å². The van der Waals surface area contributed by atoms with Gasteiger partial charge in [-0.2, -0.15) is 0 Å². The van der Waals surface area contributed by atoms with Crippen LogP contribution in [0.1, 0.15) is 0 Å². The van der Waals surface area contributed by atoms with E-state index >= 15 is 0 Å². The van der Waals surface area contributed by atoms with Gasteiger partial charge in [-0.1, -0.05) is 34.8 Å². The van der Waals surface area contributed by atoms with E-state index in [0.29, 0.717) is 20.8 Å². The van der Waals surface area contributed by atoms with Crippen LogP contribution in [0, 0.1) is 0 Å². The number of rotatable bonds is 1. The number of nitrogens with two attached hydrogens (primary N) is 1. The number of nitrogens with one attached hydrogen (secondary N) is 1. The molecule has 0 aromatic heterocycles. The number of hydrogen-bond donors (Lipinski definition) is 2. The Morgan fingerprint density at radius 1 is 1.15 bits per heavy atom. The lowest BCUT2D eigenvalue weighted by Gasteiger charge is -2.07. The van der Waals surface area contributed by atoms with Crippen LogP contribution >= 0.6 is 47.0 Å². The minimum Gasteiger partial charge on any atom is -0.376 e. The predicted octanol–water partition coefficient (Wildman–Crippen LogP) is 3.30. The maximum atomic E-state index is 5.82. The summed E-state index contributed by atoms with van der Waals surface area (Å²) in [5.74, 6) is 0. The van der Waals surface area contributed by atoms with Crippen LogP contribution in [0.15, 0.2) is 12.1 Å². The number of anilines is 1. The summed E-state index contributed by atoms with van der Waals surface area (Å²) in [6.45, 7) is 0. The Morgan fingerprint density at radius 3 is 2.23 bits per heavy atom. The molecule has 13 heavy (non-hydrogen) atoms. The smallest absolute Gasteiger partial charge is 0.168 e. The lowest BCUT2D eigenvalue weighted by Crippen LogP contribution is -2.19. The van der Waals surface area contributed by atoms with E-state index in [-0.39, 0.29) is 5.11 Å². The molecule has 1 rings (SSSR count). The van der Waals surface area contributed by atoms with Gasteiger partial charge in [0.05, 0.1) is 20.8 Å². The van der Waals surface area contributed by atoms with Gasteiger partial charge in [0, 0.05) is 0 Å². The van der Waals surface area contributed by atoms with Crippen LogP contribution in [0.4, 0.5) is 5.69 Å². The van der Waals surface area contributed by atoms with Crippen LogP contribution in [0.2, 0.25) is 15.1 Å². The van der Waals surface area contributed by atoms with E-state index in [9.17, 15) is 0 Å². The highest BCUT2D eigenvalue weighted by Crippen LogP contribution is 2.31. The molecule has 2 nitrogen and oxygen atoms in total. The molecule has 0 bridgehead atoms. The highest BCUT2D eigenvalue weighted by atomic mass is 35.5. The van der Waals surface area contributed by atoms with Gasteiger partial charge in [-0.3, -0.25) is 0 Å². The van der Waals surface area contributed by atoms with Crippen molar-refractivity contribution in [3.63, 3.8) is 0 Å². The highest BCUT2D eigenvalue weighted by Gasteiger charge is 2.05. The maximum absolute atomic E-state index is 5.82. The lowest BCUT2D eigenvalue weighted by molar-refractivity contribution is 1.60. The molecular weight excluding hydrogens is 251 g/mol. The minimum absolute atomic E-state index is 0.125. The molecule has 0 fully saturated rings. The minimum atomic E-state index is 0.125. The molecule has 0 aliphatic rings. The van der Waals surface area contributed by atoms with Gasteiger partial charge in [0.1, 0.15) is 0 Å². The van der Waals surface area contributed by atoms with E-state index in [2.05, 4.69) is 17.5 Å². The van der Waals surface area contributed by atoms with Crippen molar-refractivity contribution in [2.75, 3.05) is 5.32 Å². The van der Waals surface area contributed by atoms with Crippen molar-refractivity contribution in [2.24, 2.45) is 5.73 Å². The number of benzene rings is 1. The van der Waals surface area contributed by atoms with Gasteiger partial charge in [0.15, 0.2) is 5.11 Å². The van der Waals surface area contributed by atoms with Gasteiger partial charge < -0.3 is 11.1 Å². The molecule has 0 aliphatic carbocycles. The summed E-state index contributed by atoms with van der Waals surface area (Å²) in [6, 6.07) is 3.08. The fourth-order valence-corrected chi connectivity index (χ4v) is 1.46. The third-order valence-electron chi connectivity index (χ3n) is 1.27. The monoisotopic (exact) mass is 254 g/mol. The standard InChI is InChI=1S/C7H5Cl3N2S/c8-3-1-5(10)6(2-4(3)9)12-7(11)13/h1-2H,(H3,11,12,13). The average molecular weight is 256 g/mol. The normalized spacial score (nSPS) is 9.77. The van der Waals surface area contributed by atoms with Gasteiger partial charge in [-0.25, -0.2) is 0 Å². The van der Waals surface area contributed by atoms with Crippen LogP contribution in [0.3, 0.4) is 0 Å². The first kappa shape index (κ1) is 10.9. The van der Waals surface area contributed by atoms with Crippen LogP contribution in [0.25, 0.3) is 0 Å². The summed E-state index contributed by atoms with van der Waals surface area (Å²) >= 11 is 21.9. The molecule has 0 saturated heterocycles. The Labute approximate surface area is 96.0 Å². The summed E-state index contributed by atoms with van der Waals surface area (Å²) in [7, 11) is 0. The molecule has 1 aromatic carbocycles. The largest absolute Gasteiger partial charge is 0.376 e. The molecule has 3 N–H and O–H groups in total. The summed E-state index contributed by atoms with van der Waals surface area (Å²) < 4.78 is 0. The van der Waals surface area contributed by atoms with Crippen molar-refractivity contribution in [3.8, 4) is 0 Å². The van der Waals surface area contributed by atoms with Crippen LogP contribution in [-0.2, 0) is 0 Å². The summed E-state index contributed by atoms with van der Waals surface area (Å²) in [4.78, 5) is 0. The zero-order chi connectivity index (χ0) is 10.0. The molecule has 0 radical (unpaired) electrons. The van der Waals surface area contributed by atoms with E-state index in [1.54, 1.807) is 6.07 Å². The second kappa shape index (κ2) is 4.33. The zero-order valence-corrected chi connectivity index (χ0v) is 9.36. The predicted molar refractivity (Wildman–Crippen MR) is 61.9 cm³/mol. The molecule has 0 aliphatic heterocycles. The SMILES string of the molecule is NC(=S)Nc1cc(Cl)c(Cl)cc1Cl. The third-order valence-corrected chi connectivity index (χ3v) is 2.40. The van der Waals surface area contributed by atoms with Crippen molar-refractivity contribution >= 4 is 57.8 Å². The maximum Gasteiger partial charge on any atom is 0.168 e. The van der Waals surface area contributed by atoms with E-state index in [0.717, 1.165) is 0 Å². The molecule has 0 saturated carbocycles. The Morgan fingerprint density at radius 2 is 1.69 bits per heavy atom. The third kappa shape index (κ3) is 2.88. The van der Waals surface area contributed by atoms with Gasteiger partial charge >= 0.3 is 0 Å². The molecule has 0 unspecified atom stereocenters. The first-order chi connectivity index (χ1) is 6.00. The second-order valence-corrected chi connectivity index (χ2v) is 3.90. The number of halogens is 3. The van der Waals surface area contributed by atoms with Gasteiger partial charge in [0.2, 0.25) is 0 Å². The van der Waals surface area contributed by atoms with Crippen molar-refractivity contribution in [2.45, 2.75) is 0 Å². The average Bonchev–Trinajstić information content (AvgIpc) is 1.99. The Bertz CT molecular complexity index is 354. The van der Waals surface area contributed by atoms with E-state index in [4.69, 9.17) is 40.5 Å². The fraction of sp³-hybridized carbons (Fsp3) is 0. The molecule has 0 heterocycles. The molecule has 6 heteroatoms. The number of hydrogen-bond acceptors (Lipinski definition) is 1. The highest BCUT2D eigenvalue weighted by molar-refractivity contribution is 7.80.